The van der Waals surface area contributed by atoms with Crippen molar-refractivity contribution in [3.63, 3.8) is 0 Å². The van der Waals surface area contributed by atoms with Gasteiger partial charge in [0.15, 0.2) is 16.3 Å². The number of aryl methyl sites for hydroxylation is 1. The van der Waals surface area contributed by atoms with Crippen molar-refractivity contribution in [3.05, 3.63) is 108 Å². The molecule has 1 aliphatic carbocycles. The van der Waals surface area contributed by atoms with Crippen LogP contribution in [-0.2, 0) is 6.42 Å². The number of ether oxygens (including phenoxy) is 4. The van der Waals surface area contributed by atoms with Gasteiger partial charge in [-0.25, -0.2) is 4.99 Å². The van der Waals surface area contributed by atoms with E-state index in [1.165, 1.54) is 16.9 Å². The molecule has 8 heteroatoms. The molecular weight excluding hydrogens is 512 g/mol. The van der Waals surface area contributed by atoms with E-state index in [0.29, 0.717) is 32.3 Å². The Hall–Kier alpha value is -4.30. The molecule has 1 aliphatic heterocycles. The largest absolute Gasteiger partial charge is 0.497 e. The molecule has 7 nitrogen and oxygen atoms in total. The minimum atomic E-state index is -0.321. The summed E-state index contributed by atoms with van der Waals surface area (Å²) in [6, 6.07) is 19.5. The summed E-state index contributed by atoms with van der Waals surface area (Å²) in [4.78, 5) is 19.8. The molecular formula is C31H28N2O5S. The fraction of sp³-hybridized carbons (Fsp3) is 0.226. The monoisotopic (exact) mass is 540 g/mol. The van der Waals surface area contributed by atoms with Crippen molar-refractivity contribution in [2.45, 2.75) is 18.9 Å². The molecule has 6 rings (SSSR count). The number of rotatable bonds is 6. The molecule has 1 atom stereocenters. The number of aromatic nitrogens is 1. The third-order valence-electron chi connectivity index (χ3n) is 7.32. The Kier molecular flexibility index (Phi) is 6.48. The second kappa shape index (κ2) is 10.1. The number of methoxy groups -OCH3 is 4. The van der Waals surface area contributed by atoms with E-state index in [0.717, 1.165) is 40.8 Å². The van der Waals surface area contributed by atoms with E-state index in [1.807, 2.05) is 53.1 Å². The van der Waals surface area contributed by atoms with Crippen LogP contribution in [0.5, 0.6) is 23.0 Å². The normalized spacial score (nSPS) is 16.1. The summed E-state index contributed by atoms with van der Waals surface area (Å²) in [5, 5.41) is 0. The van der Waals surface area contributed by atoms with Gasteiger partial charge in [-0.2, -0.15) is 0 Å². The summed E-state index contributed by atoms with van der Waals surface area (Å²) in [7, 11) is 6.47. The van der Waals surface area contributed by atoms with E-state index in [1.54, 1.807) is 28.4 Å². The summed E-state index contributed by atoms with van der Waals surface area (Å²) in [5.74, 6) is 2.60. The van der Waals surface area contributed by atoms with Gasteiger partial charge in [-0.1, -0.05) is 41.7 Å². The van der Waals surface area contributed by atoms with Gasteiger partial charge >= 0.3 is 0 Å². The second-order valence-corrected chi connectivity index (χ2v) is 10.3. The Morgan fingerprint density at radius 2 is 1.64 bits per heavy atom. The molecule has 1 aromatic heterocycles. The molecule has 0 fully saturated rings. The van der Waals surface area contributed by atoms with E-state index in [4.69, 9.17) is 23.9 Å². The fourth-order valence-corrected chi connectivity index (χ4v) is 6.43. The first-order valence-corrected chi connectivity index (χ1v) is 13.4. The van der Waals surface area contributed by atoms with E-state index < -0.39 is 0 Å². The van der Waals surface area contributed by atoms with Crippen molar-refractivity contribution in [1.29, 1.82) is 0 Å². The maximum Gasteiger partial charge on any atom is 0.271 e. The summed E-state index contributed by atoms with van der Waals surface area (Å²) in [5.41, 5.74) is 6.07. The van der Waals surface area contributed by atoms with Crippen LogP contribution in [0.4, 0.5) is 0 Å². The lowest BCUT2D eigenvalue weighted by molar-refractivity contribution is 0.354. The zero-order chi connectivity index (χ0) is 27.1. The smallest absolute Gasteiger partial charge is 0.271 e. The fourth-order valence-electron chi connectivity index (χ4n) is 5.44. The predicted molar refractivity (Wildman–Crippen MR) is 152 cm³/mol. The van der Waals surface area contributed by atoms with Crippen LogP contribution in [0.3, 0.4) is 0 Å². The molecule has 0 spiro atoms. The van der Waals surface area contributed by atoms with E-state index in [2.05, 4.69) is 18.2 Å². The molecule has 2 aliphatic rings. The van der Waals surface area contributed by atoms with Crippen LogP contribution in [0.15, 0.2) is 76.0 Å². The number of hydrogen-bond donors (Lipinski definition) is 0. The third-order valence-corrected chi connectivity index (χ3v) is 8.30. The molecule has 0 saturated carbocycles. The zero-order valence-corrected chi connectivity index (χ0v) is 23.0. The first-order chi connectivity index (χ1) is 19.1. The quantitative estimate of drug-likeness (QED) is 0.364. The van der Waals surface area contributed by atoms with Crippen molar-refractivity contribution >= 4 is 23.1 Å². The lowest BCUT2D eigenvalue weighted by Gasteiger charge is -2.31. The SMILES string of the molecule is COc1ccc(OC)c(C=c2sc3n(c2=O)C(c2ccc(OC)c(OC)c2)C2=C(N=3)c3ccccc3CC2)c1. The lowest BCUT2D eigenvalue weighted by atomic mass is 9.83. The van der Waals surface area contributed by atoms with E-state index in [-0.39, 0.29) is 11.6 Å². The highest BCUT2D eigenvalue weighted by Crippen LogP contribution is 2.42. The average molecular weight is 541 g/mol. The molecule has 0 amide bonds. The number of benzene rings is 3. The van der Waals surface area contributed by atoms with Gasteiger partial charge < -0.3 is 18.9 Å². The maximum absolute atomic E-state index is 14.1. The summed E-state index contributed by atoms with van der Waals surface area (Å²) < 4.78 is 24.5. The topological polar surface area (TPSA) is 71.3 Å². The van der Waals surface area contributed by atoms with Gasteiger partial charge in [-0.3, -0.25) is 9.36 Å². The van der Waals surface area contributed by atoms with Crippen LogP contribution in [-0.4, -0.2) is 33.0 Å². The van der Waals surface area contributed by atoms with Crippen molar-refractivity contribution in [2.75, 3.05) is 28.4 Å². The van der Waals surface area contributed by atoms with Gasteiger partial charge in [0.05, 0.1) is 44.7 Å². The Morgan fingerprint density at radius 3 is 2.41 bits per heavy atom. The summed E-state index contributed by atoms with van der Waals surface area (Å²) in [6.45, 7) is 0. The minimum absolute atomic E-state index is 0.103. The lowest BCUT2D eigenvalue weighted by Crippen LogP contribution is -2.38. The number of thiazole rings is 1. The number of nitrogens with zero attached hydrogens (tertiary/aromatic N) is 2. The number of hydrogen-bond acceptors (Lipinski definition) is 7. The molecule has 3 aromatic carbocycles. The summed E-state index contributed by atoms with van der Waals surface area (Å²) in [6.07, 6.45) is 3.55. The predicted octanol–water partition coefficient (Wildman–Crippen LogP) is 4.35. The Balaban J connectivity index is 1.62. The molecule has 0 radical (unpaired) electrons. The van der Waals surface area contributed by atoms with Crippen LogP contribution in [0.25, 0.3) is 11.8 Å². The van der Waals surface area contributed by atoms with Gasteiger partial charge in [-0.15, -0.1) is 0 Å². The van der Waals surface area contributed by atoms with Crippen LogP contribution in [0.2, 0.25) is 0 Å². The zero-order valence-electron chi connectivity index (χ0n) is 22.2. The highest BCUT2D eigenvalue weighted by atomic mass is 32.1. The molecule has 0 bridgehead atoms. The molecule has 2 heterocycles. The van der Waals surface area contributed by atoms with Crippen molar-refractivity contribution < 1.29 is 18.9 Å². The first-order valence-electron chi connectivity index (χ1n) is 12.6. The number of fused-ring (bicyclic) bond motifs is 3. The van der Waals surface area contributed by atoms with Gasteiger partial charge in [-0.05, 0) is 65.9 Å². The first kappa shape index (κ1) is 25.0. The van der Waals surface area contributed by atoms with Crippen molar-refractivity contribution in [2.24, 2.45) is 4.99 Å². The highest BCUT2D eigenvalue weighted by molar-refractivity contribution is 7.07. The van der Waals surface area contributed by atoms with Crippen LogP contribution in [0.1, 0.15) is 34.7 Å². The van der Waals surface area contributed by atoms with Crippen LogP contribution < -0.4 is 33.8 Å². The molecule has 0 saturated heterocycles. The standard InChI is InChI=1S/C31H28N2O5S/c1-35-21-11-14-24(36-2)20(15-21)17-27-30(34)33-29(19-10-13-25(37-3)26(16-19)38-4)23-12-9-18-7-5-6-8-22(18)28(23)32-31(33)39-27/h5-8,10-11,13-17,29H,9,12H2,1-4H3. The van der Waals surface area contributed by atoms with E-state index in [9.17, 15) is 4.79 Å². The van der Waals surface area contributed by atoms with Gasteiger partial charge in [0.2, 0.25) is 0 Å². The maximum atomic E-state index is 14.1. The molecule has 0 N–H and O–H groups in total. The Labute approximate surface area is 229 Å². The Bertz CT molecular complexity index is 1800. The van der Waals surface area contributed by atoms with Gasteiger partial charge in [0.1, 0.15) is 11.5 Å². The second-order valence-electron chi connectivity index (χ2n) is 9.34. The van der Waals surface area contributed by atoms with Crippen LogP contribution in [0, 0.1) is 0 Å². The van der Waals surface area contributed by atoms with Gasteiger partial charge in [0, 0.05) is 11.1 Å². The van der Waals surface area contributed by atoms with Gasteiger partial charge in [0.25, 0.3) is 5.56 Å². The van der Waals surface area contributed by atoms with Crippen molar-refractivity contribution in [3.8, 4) is 23.0 Å². The molecule has 198 valence electrons. The van der Waals surface area contributed by atoms with Crippen LogP contribution >= 0.6 is 11.3 Å². The Morgan fingerprint density at radius 1 is 0.872 bits per heavy atom. The van der Waals surface area contributed by atoms with E-state index >= 15 is 0 Å². The molecule has 4 aromatic rings. The summed E-state index contributed by atoms with van der Waals surface area (Å²) >= 11 is 1.38. The highest BCUT2D eigenvalue weighted by Gasteiger charge is 2.33. The third kappa shape index (κ3) is 4.21. The minimum Gasteiger partial charge on any atom is -0.497 e. The van der Waals surface area contributed by atoms with Crippen molar-refractivity contribution in [1.82, 2.24) is 4.57 Å². The molecule has 39 heavy (non-hydrogen) atoms. The molecule has 1 unspecified atom stereocenters. The number of allylic oxidation sites excluding steroid dienone is 1. The average Bonchev–Trinajstić information content (AvgIpc) is 3.29.